The predicted molar refractivity (Wildman–Crippen MR) is 97.9 cm³/mol. The van der Waals surface area contributed by atoms with Crippen LogP contribution in [0.25, 0.3) is 0 Å². The van der Waals surface area contributed by atoms with E-state index < -0.39 is 27.6 Å². The lowest BCUT2D eigenvalue weighted by molar-refractivity contribution is 0.102. The summed E-state index contributed by atoms with van der Waals surface area (Å²) < 4.78 is 55.5. The second kappa shape index (κ2) is 8.14. The minimum absolute atomic E-state index is 0.146. The summed E-state index contributed by atoms with van der Waals surface area (Å²) in [6, 6.07) is 8.39. The average Bonchev–Trinajstić information content (AvgIpc) is 2.64. The van der Waals surface area contributed by atoms with Gasteiger partial charge in [0, 0.05) is 6.04 Å². The summed E-state index contributed by atoms with van der Waals surface area (Å²) in [4.78, 5) is 11.9. The first-order valence-electron chi connectivity index (χ1n) is 8.74. The van der Waals surface area contributed by atoms with Crippen LogP contribution in [0.15, 0.2) is 47.4 Å². The number of nitrogens with one attached hydrogen (secondary N) is 2. The fraction of sp³-hybridized carbons (Fsp3) is 0.316. The van der Waals surface area contributed by atoms with Crippen LogP contribution in [0.1, 0.15) is 42.5 Å². The molecular weight excluding hydrogens is 374 g/mol. The van der Waals surface area contributed by atoms with Crippen molar-refractivity contribution in [3.8, 4) is 0 Å². The molecule has 0 bridgehead atoms. The standard InChI is InChI=1S/C19H20F2N2O3S/c20-16-9-5-4-8-15(16)19(24)22-18-11-10-14(12-17(18)21)27(25,26)23-13-6-2-1-3-7-13/h4-5,8-13,23H,1-3,6-7H2,(H,22,24). The van der Waals surface area contributed by atoms with Crippen LogP contribution in [0.4, 0.5) is 14.5 Å². The maximum absolute atomic E-state index is 14.3. The molecule has 1 fully saturated rings. The molecule has 2 aromatic carbocycles. The maximum Gasteiger partial charge on any atom is 0.258 e. The molecule has 1 amide bonds. The lowest BCUT2D eigenvalue weighted by atomic mass is 9.96. The summed E-state index contributed by atoms with van der Waals surface area (Å²) in [6.45, 7) is 0. The molecule has 27 heavy (non-hydrogen) atoms. The number of hydrogen-bond acceptors (Lipinski definition) is 3. The highest BCUT2D eigenvalue weighted by atomic mass is 32.2. The third-order valence-electron chi connectivity index (χ3n) is 4.54. The normalized spacial score (nSPS) is 15.5. The first-order chi connectivity index (χ1) is 12.9. The Morgan fingerprint density at radius 1 is 0.963 bits per heavy atom. The highest BCUT2D eigenvalue weighted by molar-refractivity contribution is 7.89. The summed E-state index contributed by atoms with van der Waals surface area (Å²) in [7, 11) is -3.85. The van der Waals surface area contributed by atoms with E-state index >= 15 is 0 Å². The summed E-state index contributed by atoms with van der Waals surface area (Å²) in [5.74, 6) is -2.46. The van der Waals surface area contributed by atoms with Crippen molar-refractivity contribution in [2.24, 2.45) is 0 Å². The molecular formula is C19H20F2N2O3S. The van der Waals surface area contributed by atoms with Gasteiger partial charge in [-0.1, -0.05) is 31.4 Å². The van der Waals surface area contributed by atoms with Gasteiger partial charge in [0.1, 0.15) is 11.6 Å². The molecule has 2 N–H and O–H groups in total. The van der Waals surface area contributed by atoms with Crippen molar-refractivity contribution in [3.63, 3.8) is 0 Å². The minimum Gasteiger partial charge on any atom is -0.319 e. The van der Waals surface area contributed by atoms with Crippen LogP contribution in [0.3, 0.4) is 0 Å². The van der Waals surface area contributed by atoms with E-state index in [1.54, 1.807) is 0 Å². The summed E-state index contributed by atoms with van der Waals surface area (Å²) in [5.41, 5.74) is -0.451. The van der Waals surface area contributed by atoms with Gasteiger partial charge in [-0.05, 0) is 43.2 Å². The predicted octanol–water partition coefficient (Wildman–Crippen LogP) is 3.83. The van der Waals surface area contributed by atoms with Crippen molar-refractivity contribution >= 4 is 21.6 Å². The van der Waals surface area contributed by atoms with Crippen LogP contribution in [-0.2, 0) is 10.0 Å². The van der Waals surface area contributed by atoms with E-state index in [0.717, 1.165) is 50.3 Å². The second-order valence-electron chi connectivity index (χ2n) is 6.53. The van der Waals surface area contributed by atoms with E-state index in [1.165, 1.54) is 24.3 Å². The molecule has 1 saturated carbocycles. The zero-order valence-electron chi connectivity index (χ0n) is 14.5. The Balaban J connectivity index is 1.75. The molecule has 8 heteroatoms. The molecule has 3 rings (SSSR count). The van der Waals surface area contributed by atoms with Crippen molar-refractivity contribution < 1.29 is 22.0 Å². The van der Waals surface area contributed by atoms with Crippen molar-refractivity contribution in [1.29, 1.82) is 0 Å². The number of carbonyl (C=O) groups excluding carboxylic acids is 1. The third-order valence-corrected chi connectivity index (χ3v) is 6.06. The highest BCUT2D eigenvalue weighted by Crippen LogP contribution is 2.23. The van der Waals surface area contributed by atoms with E-state index in [4.69, 9.17) is 0 Å². The van der Waals surface area contributed by atoms with Crippen LogP contribution in [0.5, 0.6) is 0 Å². The molecule has 0 unspecified atom stereocenters. The Labute approximate surface area is 156 Å². The Morgan fingerprint density at radius 2 is 1.67 bits per heavy atom. The smallest absolute Gasteiger partial charge is 0.258 e. The summed E-state index contributed by atoms with van der Waals surface area (Å²) in [6.07, 6.45) is 4.53. The zero-order valence-corrected chi connectivity index (χ0v) is 15.4. The van der Waals surface area contributed by atoms with Gasteiger partial charge in [0.2, 0.25) is 10.0 Å². The number of hydrogen-bond donors (Lipinski definition) is 2. The Hall–Kier alpha value is -2.32. The molecule has 144 valence electrons. The molecule has 0 radical (unpaired) electrons. The Morgan fingerprint density at radius 3 is 2.33 bits per heavy atom. The van der Waals surface area contributed by atoms with Gasteiger partial charge in [0.05, 0.1) is 16.1 Å². The van der Waals surface area contributed by atoms with Crippen LogP contribution in [0, 0.1) is 11.6 Å². The Kier molecular flexibility index (Phi) is 5.86. The Bertz CT molecular complexity index is 942. The number of halogens is 2. The van der Waals surface area contributed by atoms with Crippen molar-refractivity contribution in [1.82, 2.24) is 4.72 Å². The van der Waals surface area contributed by atoms with E-state index in [-0.39, 0.29) is 22.2 Å². The van der Waals surface area contributed by atoms with Crippen molar-refractivity contribution in [3.05, 3.63) is 59.7 Å². The maximum atomic E-state index is 14.3. The van der Waals surface area contributed by atoms with Crippen LogP contribution in [-0.4, -0.2) is 20.4 Å². The van der Waals surface area contributed by atoms with Gasteiger partial charge in [-0.2, -0.15) is 0 Å². The molecule has 1 aliphatic carbocycles. The number of amides is 1. The van der Waals surface area contributed by atoms with E-state index in [2.05, 4.69) is 10.0 Å². The monoisotopic (exact) mass is 394 g/mol. The van der Waals surface area contributed by atoms with E-state index in [1.807, 2.05) is 0 Å². The highest BCUT2D eigenvalue weighted by Gasteiger charge is 2.23. The first-order valence-corrected chi connectivity index (χ1v) is 10.2. The van der Waals surface area contributed by atoms with Gasteiger partial charge in [-0.3, -0.25) is 4.79 Å². The average molecular weight is 394 g/mol. The molecule has 5 nitrogen and oxygen atoms in total. The lowest BCUT2D eigenvalue weighted by Gasteiger charge is -2.22. The number of benzene rings is 2. The molecule has 0 heterocycles. The van der Waals surface area contributed by atoms with Crippen molar-refractivity contribution in [2.45, 2.75) is 43.0 Å². The molecule has 0 aromatic heterocycles. The van der Waals surface area contributed by atoms with Gasteiger partial charge >= 0.3 is 0 Å². The molecule has 2 aromatic rings. The molecule has 0 spiro atoms. The van der Waals surface area contributed by atoms with Gasteiger partial charge in [-0.15, -0.1) is 0 Å². The largest absolute Gasteiger partial charge is 0.319 e. The lowest BCUT2D eigenvalue weighted by Crippen LogP contribution is -2.36. The SMILES string of the molecule is O=C(Nc1ccc(S(=O)(=O)NC2CCCCC2)cc1F)c1ccccc1F. The summed E-state index contributed by atoms with van der Waals surface area (Å²) >= 11 is 0. The van der Waals surface area contributed by atoms with Gasteiger partial charge in [-0.25, -0.2) is 21.9 Å². The number of carbonyl (C=O) groups is 1. The van der Waals surface area contributed by atoms with Crippen LogP contribution < -0.4 is 10.0 Å². The second-order valence-corrected chi connectivity index (χ2v) is 8.25. The molecule has 1 aliphatic rings. The van der Waals surface area contributed by atoms with Crippen LogP contribution >= 0.6 is 0 Å². The van der Waals surface area contributed by atoms with E-state index in [9.17, 15) is 22.0 Å². The minimum atomic E-state index is -3.85. The topological polar surface area (TPSA) is 75.3 Å². The molecule has 0 saturated heterocycles. The van der Waals surface area contributed by atoms with Gasteiger partial charge < -0.3 is 5.32 Å². The quantitative estimate of drug-likeness (QED) is 0.809. The number of sulfonamides is 1. The molecule has 0 aliphatic heterocycles. The fourth-order valence-electron chi connectivity index (χ4n) is 3.11. The van der Waals surface area contributed by atoms with Gasteiger partial charge in [0.15, 0.2) is 0 Å². The molecule has 0 atom stereocenters. The third kappa shape index (κ3) is 4.70. The van der Waals surface area contributed by atoms with Gasteiger partial charge in [0.25, 0.3) is 5.91 Å². The van der Waals surface area contributed by atoms with E-state index in [0.29, 0.717) is 0 Å². The number of rotatable bonds is 5. The van der Waals surface area contributed by atoms with Crippen molar-refractivity contribution in [2.75, 3.05) is 5.32 Å². The first kappa shape index (κ1) is 19.4. The number of anilines is 1. The zero-order chi connectivity index (χ0) is 19.4. The van der Waals surface area contributed by atoms with Crippen LogP contribution in [0.2, 0.25) is 0 Å². The summed E-state index contributed by atoms with van der Waals surface area (Å²) in [5, 5.41) is 2.26. The fourth-order valence-corrected chi connectivity index (χ4v) is 4.42.